The van der Waals surface area contributed by atoms with Crippen molar-refractivity contribution in [2.45, 2.75) is 13.0 Å². The molecule has 1 amide bonds. The van der Waals surface area contributed by atoms with Crippen LogP contribution in [0.25, 0.3) is 0 Å². The molecule has 0 bridgehead atoms. The SMILES string of the molecule is COc1ccccc1CCNC(=O)c1cnc(NCc2ccccc2F)nc1. The predicted molar refractivity (Wildman–Crippen MR) is 105 cm³/mol. The third-order valence-corrected chi connectivity index (χ3v) is 4.18. The molecule has 6 nitrogen and oxygen atoms in total. The molecule has 0 saturated carbocycles. The van der Waals surface area contributed by atoms with Crippen LogP contribution in [0.15, 0.2) is 60.9 Å². The first-order valence-corrected chi connectivity index (χ1v) is 8.87. The van der Waals surface area contributed by atoms with Gasteiger partial charge in [-0.05, 0) is 24.1 Å². The predicted octanol–water partition coefficient (Wildman–Crippen LogP) is 3.21. The Hall–Kier alpha value is -3.48. The van der Waals surface area contributed by atoms with Gasteiger partial charge in [-0.2, -0.15) is 0 Å². The van der Waals surface area contributed by atoms with Crippen molar-refractivity contribution in [1.29, 1.82) is 0 Å². The van der Waals surface area contributed by atoms with E-state index in [1.807, 2.05) is 24.3 Å². The summed E-state index contributed by atoms with van der Waals surface area (Å²) in [6.45, 7) is 0.726. The lowest BCUT2D eigenvalue weighted by Crippen LogP contribution is -2.26. The van der Waals surface area contributed by atoms with Gasteiger partial charge in [-0.3, -0.25) is 4.79 Å². The minimum Gasteiger partial charge on any atom is -0.496 e. The molecule has 0 aliphatic heterocycles. The lowest BCUT2D eigenvalue weighted by Gasteiger charge is -2.09. The first kappa shape index (κ1) is 19.3. The Morgan fingerprint density at radius 2 is 1.71 bits per heavy atom. The first-order chi connectivity index (χ1) is 13.7. The normalized spacial score (nSPS) is 10.4. The van der Waals surface area contributed by atoms with Crippen molar-refractivity contribution in [3.8, 4) is 5.75 Å². The van der Waals surface area contributed by atoms with E-state index >= 15 is 0 Å². The standard InChI is InChI=1S/C21H21FN4O2/c1-28-19-9-5-3-6-15(19)10-11-23-20(27)17-13-25-21(26-14-17)24-12-16-7-2-4-8-18(16)22/h2-9,13-14H,10-12H2,1H3,(H,23,27)(H,24,25,26). The Morgan fingerprint density at radius 1 is 1.04 bits per heavy atom. The summed E-state index contributed by atoms with van der Waals surface area (Å²) in [6, 6.07) is 14.2. The highest BCUT2D eigenvalue weighted by molar-refractivity contribution is 5.93. The molecule has 1 heterocycles. The number of carbonyl (C=O) groups excluding carboxylic acids is 1. The summed E-state index contributed by atoms with van der Waals surface area (Å²) in [5.41, 5.74) is 1.90. The van der Waals surface area contributed by atoms with Gasteiger partial charge in [0.25, 0.3) is 5.91 Å². The monoisotopic (exact) mass is 380 g/mol. The smallest absolute Gasteiger partial charge is 0.254 e. The summed E-state index contributed by atoms with van der Waals surface area (Å²) in [5, 5.41) is 5.78. The number of carbonyl (C=O) groups is 1. The minimum atomic E-state index is -0.291. The summed E-state index contributed by atoms with van der Waals surface area (Å²) in [4.78, 5) is 20.5. The van der Waals surface area contributed by atoms with E-state index in [9.17, 15) is 9.18 Å². The van der Waals surface area contributed by atoms with Crippen molar-refractivity contribution in [2.75, 3.05) is 19.0 Å². The number of anilines is 1. The number of rotatable bonds is 8. The zero-order valence-corrected chi connectivity index (χ0v) is 15.5. The number of nitrogens with one attached hydrogen (secondary N) is 2. The molecule has 7 heteroatoms. The maximum absolute atomic E-state index is 13.6. The Kier molecular flexibility index (Phi) is 6.51. The molecular weight excluding hydrogens is 359 g/mol. The second kappa shape index (κ2) is 9.45. The van der Waals surface area contributed by atoms with E-state index in [1.54, 1.807) is 25.3 Å². The highest BCUT2D eigenvalue weighted by atomic mass is 19.1. The minimum absolute atomic E-state index is 0.254. The van der Waals surface area contributed by atoms with Crippen LogP contribution < -0.4 is 15.4 Å². The van der Waals surface area contributed by atoms with Crippen LogP contribution in [0.2, 0.25) is 0 Å². The number of nitrogens with zero attached hydrogens (tertiary/aromatic N) is 2. The average Bonchev–Trinajstić information content (AvgIpc) is 2.74. The maximum Gasteiger partial charge on any atom is 0.254 e. The number of aromatic nitrogens is 2. The van der Waals surface area contributed by atoms with Crippen LogP contribution in [0.3, 0.4) is 0 Å². The molecule has 3 aromatic rings. The quantitative estimate of drug-likeness (QED) is 0.628. The van der Waals surface area contributed by atoms with Crippen molar-refractivity contribution in [3.05, 3.63) is 83.4 Å². The highest BCUT2D eigenvalue weighted by Gasteiger charge is 2.08. The second-order valence-electron chi connectivity index (χ2n) is 6.06. The molecule has 0 atom stereocenters. The number of benzene rings is 2. The number of para-hydroxylation sites is 1. The molecule has 0 unspecified atom stereocenters. The Labute approximate surface area is 162 Å². The van der Waals surface area contributed by atoms with Crippen LogP contribution in [0.5, 0.6) is 5.75 Å². The van der Waals surface area contributed by atoms with E-state index < -0.39 is 0 Å². The van der Waals surface area contributed by atoms with Crippen molar-refractivity contribution in [1.82, 2.24) is 15.3 Å². The third-order valence-electron chi connectivity index (χ3n) is 4.18. The van der Waals surface area contributed by atoms with Crippen molar-refractivity contribution in [2.24, 2.45) is 0 Å². The van der Waals surface area contributed by atoms with E-state index in [1.165, 1.54) is 18.5 Å². The van der Waals surface area contributed by atoms with Crippen LogP contribution in [-0.4, -0.2) is 29.5 Å². The highest BCUT2D eigenvalue weighted by Crippen LogP contribution is 2.17. The van der Waals surface area contributed by atoms with Gasteiger partial charge in [0.1, 0.15) is 11.6 Å². The van der Waals surface area contributed by atoms with Gasteiger partial charge in [0.15, 0.2) is 0 Å². The van der Waals surface area contributed by atoms with Crippen LogP contribution in [-0.2, 0) is 13.0 Å². The fourth-order valence-corrected chi connectivity index (χ4v) is 2.67. The van der Waals surface area contributed by atoms with Gasteiger partial charge in [0.05, 0.1) is 12.7 Å². The number of hydrogen-bond donors (Lipinski definition) is 2. The maximum atomic E-state index is 13.6. The topological polar surface area (TPSA) is 76.1 Å². The fraction of sp³-hybridized carbons (Fsp3) is 0.190. The van der Waals surface area contributed by atoms with Gasteiger partial charge in [-0.25, -0.2) is 14.4 Å². The first-order valence-electron chi connectivity index (χ1n) is 8.87. The van der Waals surface area contributed by atoms with Crippen molar-refractivity contribution >= 4 is 11.9 Å². The third kappa shape index (κ3) is 5.03. The zero-order valence-electron chi connectivity index (χ0n) is 15.5. The summed E-state index contributed by atoms with van der Waals surface area (Å²) < 4.78 is 18.9. The number of methoxy groups -OCH3 is 1. The Balaban J connectivity index is 1.50. The lowest BCUT2D eigenvalue weighted by atomic mass is 10.1. The summed E-state index contributed by atoms with van der Waals surface area (Å²) in [5.74, 6) is 0.579. The average molecular weight is 380 g/mol. The van der Waals surface area contributed by atoms with Gasteiger partial charge < -0.3 is 15.4 Å². The van der Waals surface area contributed by atoms with Gasteiger partial charge in [0, 0.05) is 31.0 Å². The molecule has 0 aliphatic rings. The Bertz CT molecular complexity index is 932. The largest absolute Gasteiger partial charge is 0.496 e. The molecule has 0 fully saturated rings. The summed E-state index contributed by atoms with van der Waals surface area (Å²) in [7, 11) is 1.62. The van der Waals surface area contributed by atoms with Gasteiger partial charge in [-0.1, -0.05) is 36.4 Å². The van der Waals surface area contributed by atoms with Crippen LogP contribution in [0, 0.1) is 5.82 Å². The van der Waals surface area contributed by atoms with Crippen molar-refractivity contribution in [3.63, 3.8) is 0 Å². The number of halogens is 1. The van der Waals surface area contributed by atoms with Gasteiger partial charge >= 0.3 is 0 Å². The lowest BCUT2D eigenvalue weighted by molar-refractivity contribution is 0.0953. The molecule has 0 aliphatic carbocycles. The molecule has 144 valence electrons. The fourth-order valence-electron chi connectivity index (χ4n) is 2.67. The second-order valence-corrected chi connectivity index (χ2v) is 6.06. The van der Waals surface area contributed by atoms with Gasteiger partial charge in [0.2, 0.25) is 5.95 Å². The molecule has 0 spiro atoms. The molecule has 2 N–H and O–H groups in total. The number of ether oxygens (including phenoxy) is 1. The van der Waals surface area contributed by atoms with E-state index in [4.69, 9.17) is 4.74 Å². The Morgan fingerprint density at radius 3 is 2.43 bits per heavy atom. The van der Waals surface area contributed by atoms with Crippen LogP contribution in [0.4, 0.5) is 10.3 Å². The molecular formula is C21H21FN4O2. The molecule has 0 saturated heterocycles. The molecule has 3 rings (SSSR count). The van der Waals surface area contributed by atoms with E-state index in [0.29, 0.717) is 30.0 Å². The molecule has 28 heavy (non-hydrogen) atoms. The van der Waals surface area contributed by atoms with Gasteiger partial charge in [-0.15, -0.1) is 0 Å². The number of hydrogen-bond acceptors (Lipinski definition) is 5. The van der Waals surface area contributed by atoms with Crippen molar-refractivity contribution < 1.29 is 13.9 Å². The van der Waals surface area contributed by atoms with E-state index in [2.05, 4.69) is 20.6 Å². The summed E-state index contributed by atoms with van der Waals surface area (Å²) >= 11 is 0. The van der Waals surface area contributed by atoms with E-state index in [-0.39, 0.29) is 18.3 Å². The molecule has 0 radical (unpaired) electrons. The zero-order chi connectivity index (χ0) is 19.8. The molecule has 1 aromatic heterocycles. The summed E-state index contributed by atoms with van der Waals surface area (Å²) in [6.07, 6.45) is 3.53. The van der Waals surface area contributed by atoms with Crippen LogP contribution in [0.1, 0.15) is 21.5 Å². The number of amides is 1. The van der Waals surface area contributed by atoms with Crippen LogP contribution >= 0.6 is 0 Å². The molecule has 2 aromatic carbocycles. The van der Waals surface area contributed by atoms with E-state index in [0.717, 1.165) is 11.3 Å².